The standard InChI is InChI=1S/C16H12Cl2N4O/c1-10-15(20-19-11-7-8-13(17)14(18)9-11)16(23)22(21-10)12-5-3-2-4-6-12/h2-9,15H,1H3/t15-/m1/s1. The van der Waals surface area contributed by atoms with Crippen LogP contribution in [-0.2, 0) is 4.79 Å². The van der Waals surface area contributed by atoms with Gasteiger partial charge in [-0.25, -0.2) is 0 Å². The molecule has 0 radical (unpaired) electrons. The van der Waals surface area contributed by atoms with E-state index in [0.717, 1.165) is 0 Å². The third-order valence-corrected chi connectivity index (χ3v) is 4.03. The number of hydrazone groups is 1. The van der Waals surface area contributed by atoms with Crippen molar-refractivity contribution in [3.05, 3.63) is 58.6 Å². The molecule has 0 bridgehead atoms. The highest BCUT2D eigenvalue weighted by Gasteiger charge is 2.34. The zero-order chi connectivity index (χ0) is 16.4. The van der Waals surface area contributed by atoms with E-state index in [9.17, 15) is 4.79 Å². The van der Waals surface area contributed by atoms with E-state index in [1.807, 2.05) is 30.3 Å². The van der Waals surface area contributed by atoms with Crippen molar-refractivity contribution in [2.45, 2.75) is 13.0 Å². The van der Waals surface area contributed by atoms with Gasteiger partial charge in [0.25, 0.3) is 5.91 Å². The van der Waals surface area contributed by atoms with E-state index < -0.39 is 6.04 Å². The molecule has 23 heavy (non-hydrogen) atoms. The summed E-state index contributed by atoms with van der Waals surface area (Å²) in [6, 6.07) is 13.4. The Kier molecular flexibility index (Phi) is 4.41. The van der Waals surface area contributed by atoms with E-state index in [4.69, 9.17) is 23.2 Å². The van der Waals surface area contributed by atoms with Crippen molar-refractivity contribution in [2.75, 3.05) is 5.01 Å². The number of benzene rings is 2. The van der Waals surface area contributed by atoms with Gasteiger partial charge in [-0.3, -0.25) is 4.79 Å². The fourth-order valence-electron chi connectivity index (χ4n) is 2.11. The topological polar surface area (TPSA) is 57.4 Å². The maximum absolute atomic E-state index is 12.5. The number of nitrogens with zero attached hydrogens (tertiary/aromatic N) is 4. The minimum absolute atomic E-state index is 0.238. The van der Waals surface area contributed by atoms with Crippen LogP contribution in [0.1, 0.15) is 6.92 Å². The van der Waals surface area contributed by atoms with E-state index in [-0.39, 0.29) is 5.91 Å². The lowest BCUT2D eigenvalue weighted by Gasteiger charge is -2.11. The lowest BCUT2D eigenvalue weighted by Crippen LogP contribution is -2.29. The maximum Gasteiger partial charge on any atom is 0.280 e. The monoisotopic (exact) mass is 346 g/mol. The fourth-order valence-corrected chi connectivity index (χ4v) is 2.41. The number of rotatable bonds is 3. The molecular weight excluding hydrogens is 335 g/mol. The maximum atomic E-state index is 12.5. The Hall–Kier alpha value is -2.24. The van der Waals surface area contributed by atoms with E-state index in [1.165, 1.54) is 5.01 Å². The zero-order valence-corrected chi connectivity index (χ0v) is 13.7. The number of amides is 1. The molecule has 5 nitrogen and oxygen atoms in total. The molecule has 1 amide bonds. The van der Waals surface area contributed by atoms with Crippen molar-refractivity contribution in [1.82, 2.24) is 0 Å². The molecule has 3 rings (SSSR count). The van der Waals surface area contributed by atoms with Crippen LogP contribution in [0.5, 0.6) is 0 Å². The minimum atomic E-state index is -0.732. The summed E-state index contributed by atoms with van der Waals surface area (Å²) in [4.78, 5) is 12.5. The van der Waals surface area contributed by atoms with Crippen LogP contribution in [0.15, 0.2) is 63.9 Å². The Labute approximate surface area is 143 Å². The third kappa shape index (κ3) is 3.25. The summed E-state index contributed by atoms with van der Waals surface area (Å²) in [6.45, 7) is 1.75. The largest absolute Gasteiger partial charge is 0.280 e. The molecule has 0 N–H and O–H groups in total. The summed E-state index contributed by atoms with van der Waals surface area (Å²) >= 11 is 11.8. The predicted molar refractivity (Wildman–Crippen MR) is 91.8 cm³/mol. The van der Waals surface area contributed by atoms with Crippen molar-refractivity contribution in [3.63, 3.8) is 0 Å². The summed E-state index contributed by atoms with van der Waals surface area (Å²) < 4.78 is 0. The molecule has 0 aliphatic carbocycles. The molecule has 1 heterocycles. The Morgan fingerprint density at radius 3 is 2.52 bits per heavy atom. The highest BCUT2D eigenvalue weighted by molar-refractivity contribution is 6.42. The van der Waals surface area contributed by atoms with Crippen LogP contribution in [0.2, 0.25) is 10.0 Å². The van der Waals surface area contributed by atoms with Crippen LogP contribution in [0.3, 0.4) is 0 Å². The quantitative estimate of drug-likeness (QED) is 0.731. The van der Waals surface area contributed by atoms with E-state index in [2.05, 4.69) is 15.3 Å². The molecule has 1 aliphatic rings. The first kappa shape index (κ1) is 15.6. The van der Waals surface area contributed by atoms with E-state index >= 15 is 0 Å². The summed E-state index contributed by atoms with van der Waals surface area (Å²) in [5, 5.41) is 14.6. The van der Waals surface area contributed by atoms with Crippen LogP contribution >= 0.6 is 23.2 Å². The molecule has 0 spiro atoms. The lowest BCUT2D eigenvalue weighted by atomic mass is 10.2. The molecule has 7 heteroatoms. The van der Waals surface area contributed by atoms with Crippen LogP contribution < -0.4 is 5.01 Å². The second-order valence-electron chi connectivity index (χ2n) is 4.94. The number of azo groups is 1. The number of carbonyl (C=O) groups excluding carboxylic acids is 1. The SMILES string of the molecule is CC1=NN(c2ccccc2)C(=O)[C@@H]1N=Nc1ccc(Cl)c(Cl)c1. The normalized spacial score (nSPS) is 17.9. The number of para-hydroxylation sites is 1. The Morgan fingerprint density at radius 1 is 1.09 bits per heavy atom. The van der Waals surface area contributed by atoms with Crippen molar-refractivity contribution >= 4 is 46.2 Å². The highest BCUT2D eigenvalue weighted by atomic mass is 35.5. The Morgan fingerprint density at radius 2 is 1.83 bits per heavy atom. The number of carbonyl (C=O) groups is 1. The van der Waals surface area contributed by atoms with Gasteiger partial charge in [0.05, 0.1) is 27.1 Å². The summed E-state index contributed by atoms with van der Waals surface area (Å²) in [6.07, 6.45) is 0. The van der Waals surface area contributed by atoms with Crippen molar-refractivity contribution in [1.29, 1.82) is 0 Å². The summed E-state index contributed by atoms with van der Waals surface area (Å²) in [7, 11) is 0. The molecule has 0 fully saturated rings. The number of anilines is 1. The first-order chi connectivity index (χ1) is 11.1. The molecule has 2 aromatic rings. The Balaban J connectivity index is 1.81. The second-order valence-corrected chi connectivity index (χ2v) is 5.76. The van der Waals surface area contributed by atoms with Gasteiger partial charge in [-0.2, -0.15) is 20.3 Å². The van der Waals surface area contributed by atoms with Crippen molar-refractivity contribution < 1.29 is 4.79 Å². The first-order valence-corrected chi connectivity index (χ1v) is 7.62. The van der Waals surface area contributed by atoms with Crippen LogP contribution in [0.4, 0.5) is 11.4 Å². The molecule has 1 aliphatic heterocycles. The molecule has 2 aromatic carbocycles. The highest BCUT2D eigenvalue weighted by Crippen LogP contribution is 2.28. The van der Waals surface area contributed by atoms with Gasteiger partial charge in [0, 0.05) is 0 Å². The van der Waals surface area contributed by atoms with Gasteiger partial charge in [-0.1, -0.05) is 41.4 Å². The molecule has 0 saturated carbocycles. The summed E-state index contributed by atoms with van der Waals surface area (Å²) in [5.41, 5.74) is 1.81. The third-order valence-electron chi connectivity index (χ3n) is 3.29. The zero-order valence-electron chi connectivity index (χ0n) is 12.1. The molecule has 116 valence electrons. The smallest absolute Gasteiger partial charge is 0.269 e. The van der Waals surface area contributed by atoms with Gasteiger partial charge in [0.15, 0.2) is 6.04 Å². The Bertz CT molecular complexity index is 805. The minimum Gasteiger partial charge on any atom is -0.269 e. The predicted octanol–water partition coefficient (Wildman–Crippen LogP) is 4.87. The second kappa shape index (κ2) is 6.48. The van der Waals surface area contributed by atoms with Gasteiger partial charge in [0.1, 0.15) is 0 Å². The van der Waals surface area contributed by atoms with Crippen LogP contribution in [-0.4, -0.2) is 17.7 Å². The van der Waals surface area contributed by atoms with E-state index in [0.29, 0.717) is 27.1 Å². The first-order valence-electron chi connectivity index (χ1n) is 6.86. The van der Waals surface area contributed by atoms with E-state index in [1.54, 1.807) is 25.1 Å². The van der Waals surface area contributed by atoms with Gasteiger partial charge >= 0.3 is 0 Å². The number of halogens is 2. The van der Waals surface area contributed by atoms with Crippen molar-refractivity contribution in [2.24, 2.45) is 15.3 Å². The average molecular weight is 347 g/mol. The molecular formula is C16H12Cl2N4O. The molecule has 1 atom stereocenters. The number of hydrogen-bond acceptors (Lipinski definition) is 4. The van der Waals surface area contributed by atoms with Crippen LogP contribution in [0, 0.1) is 0 Å². The molecule has 0 saturated heterocycles. The fraction of sp³-hybridized carbons (Fsp3) is 0.125. The van der Waals surface area contributed by atoms with Gasteiger partial charge in [0.2, 0.25) is 0 Å². The number of hydrogen-bond donors (Lipinski definition) is 0. The average Bonchev–Trinajstić information content (AvgIpc) is 2.84. The molecule has 0 unspecified atom stereocenters. The van der Waals surface area contributed by atoms with Crippen LogP contribution in [0.25, 0.3) is 0 Å². The van der Waals surface area contributed by atoms with Gasteiger partial charge in [-0.15, -0.1) is 0 Å². The lowest BCUT2D eigenvalue weighted by molar-refractivity contribution is -0.117. The van der Waals surface area contributed by atoms with Gasteiger partial charge in [-0.05, 0) is 37.3 Å². The molecule has 0 aromatic heterocycles. The summed E-state index contributed by atoms with van der Waals surface area (Å²) in [5.74, 6) is -0.238. The van der Waals surface area contributed by atoms with Gasteiger partial charge < -0.3 is 0 Å². The van der Waals surface area contributed by atoms with Crippen molar-refractivity contribution in [3.8, 4) is 0 Å².